The van der Waals surface area contributed by atoms with E-state index < -0.39 is 5.97 Å². The molecule has 0 aromatic heterocycles. The molecule has 1 amide bonds. The summed E-state index contributed by atoms with van der Waals surface area (Å²) in [5.41, 5.74) is 5.52. The number of rotatable bonds is 9. The van der Waals surface area contributed by atoms with E-state index in [1.54, 1.807) is 43.5 Å². The van der Waals surface area contributed by atoms with E-state index in [4.69, 9.17) is 9.47 Å². The highest BCUT2D eigenvalue weighted by molar-refractivity contribution is 5.94. The van der Waals surface area contributed by atoms with Crippen molar-refractivity contribution in [2.45, 2.75) is 6.92 Å². The zero-order valence-electron chi connectivity index (χ0n) is 17.1. The molecule has 0 radical (unpaired) electrons. The maximum atomic E-state index is 12.2. The summed E-state index contributed by atoms with van der Waals surface area (Å²) < 4.78 is 10.6. The van der Waals surface area contributed by atoms with E-state index in [2.05, 4.69) is 15.8 Å². The monoisotopic (exact) mass is 417 g/mol. The van der Waals surface area contributed by atoms with Crippen LogP contribution in [0, 0.1) is 0 Å². The SMILES string of the molecule is CCOC(=O)c1ccc(NC(=O)COc2ccccc2C=NNc2ccccc2)cc1. The summed E-state index contributed by atoms with van der Waals surface area (Å²) in [6.07, 6.45) is 1.63. The molecular formula is C24H23N3O4. The van der Waals surface area contributed by atoms with Crippen LogP contribution in [-0.2, 0) is 9.53 Å². The van der Waals surface area contributed by atoms with E-state index in [0.717, 1.165) is 11.3 Å². The van der Waals surface area contributed by atoms with Gasteiger partial charge in [0.2, 0.25) is 0 Å². The first kappa shape index (κ1) is 21.6. The second kappa shape index (κ2) is 11.2. The molecule has 3 aromatic rings. The van der Waals surface area contributed by atoms with Gasteiger partial charge in [-0.2, -0.15) is 5.10 Å². The van der Waals surface area contributed by atoms with E-state index in [-0.39, 0.29) is 12.5 Å². The molecule has 0 aliphatic rings. The van der Waals surface area contributed by atoms with Gasteiger partial charge in [0.05, 0.1) is 24.1 Å². The molecule has 0 saturated carbocycles. The maximum absolute atomic E-state index is 12.2. The Balaban J connectivity index is 1.54. The summed E-state index contributed by atoms with van der Waals surface area (Å²) in [4.78, 5) is 23.9. The Morgan fingerprint density at radius 1 is 0.903 bits per heavy atom. The summed E-state index contributed by atoms with van der Waals surface area (Å²) in [7, 11) is 0. The lowest BCUT2D eigenvalue weighted by Gasteiger charge is -2.10. The number of hydrazone groups is 1. The maximum Gasteiger partial charge on any atom is 0.338 e. The zero-order chi connectivity index (χ0) is 21.9. The van der Waals surface area contributed by atoms with Crippen LogP contribution in [0.4, 0.5) is 11.4 Å². The molecule has 158 valence electrons. The van der Waals surface area contributed by atoms with Crippen LogP contribution in [0.5, 0.6) is 5.75 Å². The van der Waals surface area contributed by atoms with E-state index in [1.807, 2.05) is 48.5 Å². The van der Waals surface area contributed by atoms with Crippen molar-refractivity contribution in [2.75, 3.05) is 24.0 Å². The third-order valence-corrected chi connectivity index (χ3v) is 4.13. The highest BCUT2D eigenvalue weighted by Crippen LogP contribution is 2.17. The first-order chi connectivity index (χ1) is 15.2. The van der Waals surface area contributed by atoms with Crippen molar-refractivity contribution in [2.24, 2.45) is 5.10 Å². The molecule has 0 unspecified atom stereocenters. The molecule has 0 heterocycles. The summed E-state index contributed by atoms with van der Waals surface area (Å²) in [5, 5.41) is 6.94. The van der Waals surface area contributed by atoms with Gasteiger partial charge >= 0.3 is 5.97 Å². The van der Waals surface area contributed by atoms with Gasteiger partial charge in [-0.25, -0.2) is 4.79 Å². The fraction of sp³-hybridized carbons (Fsp3) is 0.125. The minimum atomic E-state index is -0.399. The number of anilines is 2. The average Bonchev–Trinajstić information content (AvgIpc) is 2.80. The van der Waals surface area contributed by atoms with Crippen LogP contribution >= 0.6 is 0 Å². The number of benzene rings is 3. The minimum absolute atomic E-state index is 0.170. The number of nitrogens with one attached hydrogen (secondary N) is 2. The standard InChI is InChI=1S/C24H23N3O4/c1-2-30-24(29)18-12-14-20(15-13-18)26-23(28)17-31-22-11-7-6-8-19(22)16-25-27-21-9-4-3-5-10-21/h3-16,27H,2,17H2,1H3,(H,26,28). The van der Waals surface area contributed by atoms with Gasteiger partial charge in [-0.1, -0.05) is 30.3 Å². The van der Waals surface area contributed by atoms with Gasteiger partial charge in [0, 0.05) is 11.3 Å². The van der Waals surface area contributed by atoms with Crippen LogP contribution in [0.2, 0.25) is 0 Å². The quantitative estimate of drug-likeness (QED) is 0.307. The lowest BCUT2D eigenvalue weighted by atomic mass is 10.2. The predicted molar refractivity (Wildman–Crippen MR) is 121 cm³/mol. The van der Waals surface area contributed by atoms with Crippen molar-refractivity contribution in [3.8, 4) is 5.75 Å². The first-order valence-corrected chi connectivity index (χ1v) is 9.78. The van der Waals surface area contributed by atoms with Gasteiger partial charge < -0.3 is 14.8 Å². The molecule has 2 N–H and O–H groups in total. The molecule has 0 bridgehead atoms. The van der Waals surface area contributed by atoms with Crippen molar-refractivity contribution in [1.82, 2.24) is 0 Å². The van der Waals surface area contributed by atoms with Gasteiger partial charge in [-0.05, 0) is 55.5 Å². The fourth-order valence-corrected chi connectivity index (χ4v) is 2.65. The molecule has 7 heteroatoms. The number of ether oxygens (including phenoxy) is 2. The lowest BCUT2D eigenvalue weighted by molar-refractivity contribution is -0.118. The molecule has 0 aliphatic carbocycles. The first-order valence-electron chi connectivity index (χ1n) is 9.78. The van der Waals surface area contributed by atoms with E-state index >= 15 is 0 Å². The normalized spacial score (nSPS) is 10.5. The topological polar surface area (TPSA) is 89.0 Å². The summed E-state index contributed by atoms with van der Waals surface area (Å²) >= 11 is 0. The molecular weight excluding hydrogens is 394 g/mol. The largest absolute Gasteiger partial charge is 0.483 e. The minimum Gasteiger partial charge on any atom is -0.483 e. The van der Waals surface area contributed by atoms with Crippen LogP contribution in [0.15, 0.2) is 84.0 Å². The number of esters is 1. The lowest BCUT2D eigenvalue weighted by Crippen LogP contribution is -2.20. The Hall–Kier alpha value is -4.13. The van der Waals surface area contributed by atoms with Crippen molar-refractivity contribution in [3.05, 3.63) is 90.0 Å². The van der Waals surface area contributed by atoms with E-state index in [9.17, 15) is 9.59 Å². The number of nitrogens with zero attached hydrogens (tertiary/aromatic N) is 1. The molecule has 0 spiro atoms. The smallest absolute Gasteiger partial charge is 0.338 e. The summed E-state index contributed by atoms with van der Waals surface area (Å²) in [5.74, 6) is -0.185. The molecule has 3 aromatic carbocycles. The van der Waals surface area contributed by atoms with Crippen LogP contribution in [0.25, 0.3) is 0 Å². The Morgan fingerprint density at radius 2 is 1.61 bits per heavy atom. The number of amides is 1. The van der Waals surface area contributed by atoms with Gasteiger partial charge in [0.1, 0.15) is 5.75 Å². The van der Waals surface area contributed by atoms with Gasteiger partial charge in [-0.15, -0.1) is 0 Å². The zero-order valence-corrected chi connectivity index (χ0v) is 17.1. The second-order valence-corrected chi connectivity index (χ2v) is 6.41. The number of hydrogen-bond acceptors (Lipinski definition) is 6. The third-order valence-electron chi connectivity index (χ3n) is 4.13. The van der Waals surface area contributed by atoms with Crippen LogP contribution in [0.1, 0.15) is 22.8 Å². The number of carbonyl (C=O) groups excluding carboxylic acids is 2. The van der Waals surface area contributed by atoms with E-state index in [1.165, 1.54) is 0 Å². The second-order valence-electron chi connectivity index (χ2n) is 6.41. The van der Waals surface area contributed by atoms with Crippen molar-refractivity contribution >= 4 is 29.5 Å². The molecule has 0 atom stereocenters. The third kappa shape index (κ3) is 6.71. The fourth-order valence-electron chi connectivity index (χ4n) is 2.65. The van der Waals surface area contributed by atoms with Crippen molar-refractivity contribution in [1.29, 1.82) is 0 Å². The molecule has 31 heavy (non-hydrogen) atoms. The summed E-state index contributed by atoms with van der Waals surface area (Å²) in [6.45, 7) is 1.88. The molecule has 0 aliphatic heterocycles. The molecule has 0 fully saturated rings. The van der Waals surface area contributed by atoms with Crippen LogP contribution < -0.4 is 15.5 Å². The Bertz CT molecular complexity index is 1030. The Morgan fingerprint density at radius 3 is 2.35 bits per heavy atom. The van der Waals surface area contributed by atoms with Gasteiger partial charge in [0.25, 0.3) is 5.91 Å². The van der Waals surface area contributed by atoms with E-state index in [0.29, 0.717) is 23.6 Å². The van der Waals surface area contributed by atoms with Crippen molar-refractivity contribution in [3.63, 3.8) is 0 Å². The molecule has 3 rings (SSSR count). The highest BCUT2D eigenvalue weighted by Gasteiger charge is 2.09. The molecule has 7 nitrogen and oxygen atoms in total. The molecule has 0 saturated heterocycles. The average molecular weight is 417 g/mol. The number of carbonyl (C=O) groups is 2. The van der Waals surface area contributed by atoms with Crippen molar-refractivity contribution < 1.29 is 19.1 Å². The number of hydrogen-bond donors (Lipinski definition) is 2. The van der Waals surface area contributed by atoms with Gasteiger partial charge in [-0.3, -0.25) is 10.2 Å². The highest BCUT2D eigenvalue weighted by atomic mass is 16.5. The van der Waals surface area contributed by atoms with Crippen LogP contribution in [-0.4, -0.2) is 31.3 Å². The predicted octanol–water partition coefficient (Wildman–Crippen LogP) is 4.33. The van der Waals surface area contributed by atoms with Gasteiger partial charge in [0.15, 0.2) is 6.61 Å². The Labute approximate surface area is 180 Å². The van der Waals surface area contributed by atoms with Crippen LogP contribution in [0.3, 0.4) is 0 Å². The Kier molecular flexibility index (Phi) is 7.77. The number of para-hydroxylation sites is 2. The summed E-state index contributed by atoms with van der Waals surface area (Å²) in [6, 6.07) is 23.3.